The van der Waals surface area contributed by atoms with E-state index in [1.165, 1.54) is 12.0 Å². The summed E-state index contributed by atoms with van der Waals surface area (Å²) in [6.45, 7) is 0. The summed E-state index contributed by atoms with van der Waals surface area (Å²) in [5, 5.41) is 10.0. The number of alkyl halides is 1. The van der Waals surface area contributed by atoms with E-state index >= 15 is 0 Å². The Morgan fingerprint density at radius 3 is 2.71 bits per heavy atom. The van der Waals surface area contributed by atoms with Crippen molar-refractivity contribution in [2.75, 3.05) is 0 Å². The lowest BCUT2D eigenvalue weighted by Gasteiger charge is -2.37. The molecule has 1 saturated carbocycles. The van der Waals surface area contributed by atoms with Gasteiger partial charge in [-0.1, -0.05) is 53.0 Å². The van der Waals surface area contributed by atoms with Crippen LogP contribution in [0.25, 0.3) is 0 Å². The van der Waals surface area contributed by atoms with Gasteiger partial charge in [0.2, 0.25) is 0 Å². The second kappa shape index (κ2) is 4.03. The zero-order chi connectivity index (χ0) is 10.0. The van der Waals surface area contributed by atoms with Gasteiger partial charge in [0.05, 0.1) is 10.4 Å². The van der Waals surface area contributed by atoms with Crippen LogP contribution in [-0.4, -0.2) is 11.2 Å². The van der Waals surface area contributed by atoms with E-state index < -0.39 is 0 Å². The lowest BCUT2D eigenvalue weighted by atomic mass is 9.81. The Labute approximate surface area is 93.3 Å². The molecule has 1 nitrogen and oxygen atoms in total. The number of hydrogen-bond acceptors (Lipinski definition) is 1. The highest BCUT2D eigenvalue weighted by atomic mass is 79.9. The molecule has 0 aromatic heterocycles. The fourth-order valence-corrected chi connectivity index (χ4v) is 2.89. The fraction of sp³-hybridized carbons (Fsp3) is 0.500. The van der Waals surface area contributed by atoms with Crippen LogP contribution < -0.4 is 0 Å². The molecule has 1 N–H and O–H groups in total. The van der Waals surface area contributed by atoms with Gasteiger partial charge in [0.15, 0.2) is 0 Å². The average molecular weight is 254 g/mol. The van der Waals surface area contributed by atoms with E-state index in [1.54, 1.807) is 0 Å². The molecule has 0 saturated heterocycles. The maximum atomic E-state index is 10.0. The second-order valence-corrected chi connectivity index (χ2v) is 5.33. The van der Waals surface area contributed by atoms with Crippen LogP contribution in [0.3, 0.4) is 0 Å². The highest BCUT2D eigenvalue weighted by Gasteiger charge is 2.38. The standard InChI is InChI=1S/C12H14BrO/c13-12(9-5-4-8-11(12)14)10-6-2-1-3-7-10/h2-3,6-7,11,14H,4-5,8-9H2. The largest absolute Gasteiger partial charge is 0.391 e. The molecule has 0 amide bonds. The van der Waals surface area contributed by atoms with E-state index in [4.69, 9.17) is 0 Å². The Hall–Kier alpha value is -0.340. The average Bonchev–Trinajstić information content (AvgIpc) is 2.24. The minimum atomic E-state index is -0.265. The van der Waals surface area contributed by atoms with Crippen LogP contribution in [0.15, 0.2) is 24.3 Å². The SMILES string of the molecule is OC1CCCCC1(Br)c1cc[c]cc1. The first kappa shape index (κ1) is 10.2. The molecule has 1 aromatic rings. The van der Waals surface area contributed by atoms with Gasteiger partial charge >= 0.3 is 0 Å². The Balaban J connectivity index is 2.30. The van der Waals surface area contributed by atoms with Crippen molar-refractivity contribution in [3.8, 4) is 0 Å². The number of hydrogen-bond donors (Lipinski definition) is 1. The zero-order valence-electron chi connectivity index (χ0n) is 8.04. The first-order chi connectivity index (χ1) is 6.73. The lowest BCUT2D eigenvalue weighted by molar-refractivity contribution is 0.0928. The Morgan fingerprint density at radius 2 is 2.07 bits per heavy atom. The summed E-state index contributed by atoms with van der Waals surface area (Å²) >= 11 is 3.71. The normalized spacial score (nSPS) is 32.9. The molecule has 75 valence electrons. The van der Waals surface area contributed by atoms with Crippen molar-refractivity contribution in [2.45, 2.75) is 36.1 Å². The number of rotatable bonds is 1. The van der Waals surface area contributed by atoms with Crippen molar-refractivity contribution in [1.82, 2.24) is 0 Å². The third-order valence-corrected chi connectivity index (χ3v) is 4.38. The number of aliphatic hydroxyl groups is 1. The molecule has 1 aliphatic carbocycles. The second-order valence-electron chi connectivity index (χ2n) is 3.91. The van der Waals surface area contributed by atoms with Crippen molar-refractivity contribution >= 4 is 15.9 Å². The van der Waals surface area contributed by atoms with Gasteiger partial charge in [-0.15, -0.1) is 0 Å². The Morgan fingerprint density at radius 1 is 1.36 bits per heavy atom. The van der Waals surface area contributed by atoms with Crippen molar-refractivity contribution in [3.63, 3.8) is 0 Å². The van der Waals surface area contributed by atoms with Crippen LogP contribution in [0.4, 0.5) is 0 Å². The number of benzene rings is 1. The maximum absolute atomic E-state index is 10.0. The summed E-state index contributed by atoms with van der Waals surface area (Å²) < 4.78 is -0.222. The molecule has 1 aliphatic rings. The maximum Gasteiger partial charge on any atom is 0.0764 e. The van der Waals surface area contributed by atoms with Gasteiger partial charge < -0.3 is 5.11 Å². The van der Waals surface area contributed by atoms with Gasteiger partial charge in [0.1, 0.15) is 0 Å². The molecule has 0 bridgehead atoms. The molecule has 2 unspecified atom stereocenters. The van der Waals surface area contributed by atoms with Crippen LogP contribution in [0.2, 0.25) is 0 Å². The quantitative estimate of drug-likeness (QED) is 0.764. The number of aliphatic hydroxyl groups excluding tert-OH is 1. The zero-order valence-corrected chi connectivity index (χ0v) is 9.63. The molecule has 1 aromatic carbocycles. The molecule has 1 radical (unpaired) electrons. The summed E-state index contributed by atoms with van der Waals surface area (Å²) in [7, 11) is 0. The third kappa shape index (κ3) is 1.73. The molecular weight excluding hydrogens is 240 g/mol. The predicted molar refractivity (Wildman–Crippen MR) is 60.4 cm³/mol. The Kier molecular flexibility index (Phi) is 2.93. The van der Waals surface area contributed by atoms with Gasteiger partial charge in [-0.25, -0.2) is 0 Å². The topological polar surface area (TPSA) is 20.2 Å². The van der Waals surface area contributed by atoms with Gasteiger partial charge in [0.25, 0.3) is 0 Å². The predicted octanol–water partition coefficient (Wildman–Crippen LogP) is 3.01. The van der Waals surface area contributed by atoms with Crippen LogP contribution >= 0.6 is 15.9 Å². The van der Waals surface area contributed by atoms with E-state index in [2.05, 4.69) is 22.0 Å². The van der Waals surface area contributed by atoms with Gasteiger partial charge in [0, 0.05) is 0 Å². The number of halogens is 1. The fourth-order valence-electron chi connectivity index (χ4n) is 2.12. The van der Waals surface area contributed by atoms with Crippen molar-refractivity contribution < 1.29 is 5.11 Å². The van der Waals surface area contributed by atoms with E-state index in [0.29, 0.717) is 0 Å². The van der Waals surface area contributed by atoms with E-state index in [9.17, 15) is 5.11 Å². The summed E-state index contributed by atoms with van der Waals surface area (Å²) in [6.07, 6.45) is 3.95. The van der Waals surface area contributed by atoms with Gasteiger partial charge in [-0.05, 0) is 24.5 Å². The first-order valence-corrected chi connectivity index (χ1v) is 5.86. The summed E-state index contributed by atoms with van der Waals surface area (Å²) in [6, 6.07) is 10.9. The van der Waals surface area contributed by atoms with Crippen molar-refractivity contribution in [2.24, 2.45) is 0 Å². The van der Waals surface area contributed by atoms with E-state index in [-0.39, 0.29) is 10.4 Å². The Bertz CT molecular complexity index is 298. The van der Waals surface area contributed by atoms with Crippen LogP contribution in [-0.2, 0) is 4.32 Å². The monoisotopic (exact) mass is 253 g/mol. The molecule has 0 aliphatic heterocycles. The summed E-state index contributed by atoms with van der Waals surface area (Å²) in [5.74, 6) is 0. The highest BCUT2D eigenvalue weighted by Crippen LogP contribution is 2.44. The molecule has 0 heterocycles. The van der Waals surface area contributed by atoms with Crippen LogP contribution in [0.5, 0.6) is 0 Å². The molecular formula is C12H14BrO. The summed E-state index contributed by atoms with van der Waals surface area (Å²) in [5.41, 5.74) is 1.17. The molecule has 14 heavy (non-hydrogen) atoms. The molecule has 2 rings (SSSR count). The van der Waals surface area contributed by atoms with Crippen molar-refractivity contribution in [1.29, 1.82) is 0 Å². The third-order valence-electron chi connectivity index (χ3n) is 2.99. The van der Waals surface area contributed by atoms with Gasteiger partial charge in [-0.3, -0.25) is 0 Å². The van der Waals surface area contributed by atoms with Crippen LogP contribution in [0, 0.1) is 6.07 Å². The molecule has 2 atom stereocenters. The minimum Gasteiger partial charge on any atom is -0.391 e. The minimum absolute atomic E-state index is 0.222. The van der Waals surface area contributed by atoms with Crippen molar-refractivity contribution in [3.05, 3.63) is 35.9 Å². The molecule has 2 heteroatoms. The molecule has 0 spiro atoms. The molecule has 1 fully saturated rings. The smallest absolute Gasteiger partial charge is 0.0764 e. The van der Waals surface area contributed by atoms with Crippen LogP contribution in [0.1, 0.15) is 31.2 Å². The lowest BCUT2D eigenvalue weighted by Crippen LogP contribution is -2.36. The first-order valence-electron chi connectivity index (χ1n) is 5.07. The van der Waals surface area contributed by atoms with E-state index in [1.807, 2.05) is 24.3 Å². The summed E-state index contributed by atoms with van der Waals surface area (Å²) in [4.78, 5) is 0. The van der Waals surface area contributed by atoms with E-state index in [0.717, 1.165) is 19.3 Å². The highest BCUT2D eigenvalue weighted by molar-refractivity contribution is 9.09. The van der Waals surface area contributed by atoms with Gasteiger partial charge in [-0.2, -0.15) is 0 Å².